The van der Waals surface area contributed by atoms with Crippen LogP contribution in [0.25, 0.3) is 0 Å². The number of halogens is 1. The number of hydrogen-bond donors (Lipinski definition) is 2. The SMILES string of the molecule is NCCN1CCN(C(=O)NCc2cccc(Br)c2)CC1. The standard InChI is InChI=1S/C14H21BrN4O/c15-13-3-1-2-12(10-13)11-17-14(20)19-8-6-18(5-4-16)7-9-19/h1-3,10H,4-9,11,16H2,(H,17,20). The van der Waals surface area contributed by atoms with Crippen LogP contribution in [0.4, 0.5) is 4.79 Å². The van der Waals surface area contributed by atoms with E-state index in [9.17, 15) is 4.79 Å². The van der Waals surface area contributed by atoms with Gasteiger partial charge in [-0.25, -0.2) is 4.79 Å². The molecule has 0 spiro atoms. The van der Waals surface area contributed by atoms with Gasteiger partial charge in [-0.15, -0.1) is 0 Å². The van der Waals surface area contributed by atoms with Gasteiger partial charge in [-0.1, -0.05) is 28.1 Å². The van der Waals surface area contributed by atoms with Crippen LogP contribution < -0.4 is 11.1 Å². The first kappa shape index (κ1) is 15.3. The van der Waals surface area contributed by atoms with Crippen molar-refractivity contribution in [3.63, 3.8) is 0 Å². The van der Waals surface area contributed by atoms with E-state index in [1.165, 1.54) is 0 Å². The molecule has 1 aliphatic rings. The van der Waals surface area contributed by atoms with Crippen molar-refractivity contribution >= 4 is 22.0 Å². The van der Waals surface area contributed by atoms with E-state index in [2.05, 4.69) is 26.1 Å². The molecular formula is C14H21BrN4O. The Bertz CT molecular complexity index is 447. The highest BCUT2D eigenvalue weighted by Crippen LogP contribution is 2.11. The van der Waals surface area contributed by atoms with Crippen molar-refractivity contribution in [3.8, 4) is 0 Å². The first-order valence-corrected chi connectivity index (χ1v) is 7.68. The fourth-order valence-corrected chi connectivity index (χ4v) is 2.74. The maximum Gasteiger partial charge on any atom is 0.317 e. The van der Waals surface area contributed by atoms with Gasteiger partial charge in [0.05, 0.1) is 0 Å². The third-order valence-electron chi connectivity index (χ3n) is 3.44. The van der Waals surface area contributed by atoms with Gasteiger partial charge in [-0.3, -0.25) is 4.90 Å². The number of urea groups is 1. The molecule has 1 aromatic carbocycles. The monoisotopic (exact) mass is 340 g/mol. The lowest BCUT2D eigenvalue weighted by Crippen LogP contribution is -2.52. The minimum atomic E-state index is 0.0115. The highest BCUT2D eigenvalue weighted by molar-refractivity contribution is 9.10. The molecule has 1 aliphatic heterocycles. The van der Waals surface area contributed by atoms with Crippen LogP contribution in [0, 0.1) is 0 Å². The molecule has 1 fully saturated rings. The Morgan fingerprint density at radius 1 is 1.30 bits per heavy atom. The lowest BCUT2D eigenvalue weighted by molar-refractivity contribution is 0.141. The molecule has 5 nitrogen and oxygen atoms in total. The summed E-state index contributed by atoms with van der Waals surface area (Å²) in [6.45, 7) is 5.49. The number of piperazine rings is 1. The molecule has 0 radical (unpaired) electrons. The molecule has 110 valence electrons. The molecule has 0 aromatic heterocycles. The van der Waals surface area contributed by atoms with E-state index in [0.29, 0.717) is 13.1 Å². The Kier molecular flexibility index (Phi) is 5.82. The van der Waals surface area contributed by atoms with Crippen LogP contribution in [0.3, 0.4) is 0 Å². The van der Waals surface area contributed by atoms with Gasteiger partial charge in [0.15, 0.2) is 0 Å². The summed E-state index contributed by atoms with van der Waals surface area (Å²) in [6.07, 6.45) is 0. The van der Waals surface area contributed by atoms with Gasteiger partial charge in [-0.2, -0.15) is 0 Å². The Morgan fingerprint density at radius 2 is 2.05 bits per heavy atom. The Hall–Kier alpha value is -1.11. The highest BCUT2D eigenvalue weighted by atomic mass is 79.9. The van der Waals surface area contributed by atoms with Crippen LogP contribution >= 0.6 is 15.9 Å². The Morgan fingerprint density at radius 3 is 2.70 bits per heavy atom. The van der Waals surface area contributed by atoms with Crippen molar-refractivity contribution in [3.05, 3.63) is 34.3 Å². The maximum atomic E-state index is 12.1. The molecule has 2 rings (SSSR count). The predicted molar refractivity (Wildman–Crippen MR) is 83.4 cm³/mol. The molecule has 0 bridgehead atoms. The van der Waals surface area contributed by atoms with Crippen molar-refractivity contribution in [2.24, 2.45) is 5.73 Å². The average Bonchev–Trinajstić information content (AvgIpc) is 2.46. The summed E-state index contributed by atoms with van der Waals surface area (Å²) in [7, 11) is 0. The summed E-state index contributed by atoms with van der Waals surface area (Å²) in [6, 6.07) is 7.97. The van der Waals surface area contributed by atoms with Gasteiger partial charge in [-0.05, 0) is 17.7 Å². The zero-order valence-corrected chi connectivity index (χ0v) is 13.1. The molecule has 20 heavy (non-hydrogen) atoms. The molecule has 3 N–H and O–H groups in total. The molecule has 0 aliphatic carbocycles. The smallest absolute Gasteiger partial charge is 0.317 e. The third-order valence-corrected chi connectivity index (χ3v) is 3.93. The number of nitrogens with zero attached hydrogens (tertiary/aromatic N) is 2. The molecule has 0 atom stereocenters. The number of benzene rings is 1. The normalized spacial score (nSPS) is 16.2. The van der Waals surface area contributed by atoms with Gasteiger partial charge in [0.1, 0.15) is 0 Å². The zero-order valence-electron chi connectivity index (χ0n) is 11.5. The average molecular weight is 341 g/mol. The van der Waals surface area contributed by atoms with Crippen molar-refractivity contribution < 1.29 is 4.79 Å². The summed E-state index contributed by atoms with van der Waals surface area (Å²) in [4.78, 5) is 16.2. The van der Waals surface area contributed by atoms with Gasteiger partial charge in [0, 0.05) is 50.3 Å². The third kappa shape index (κ3) is 4.47. The van der Waals surface area contributed by atoms with E-state index in [-0.39, 0.29) is 6.03 Å². The summed E-state index contributed by atoms with van der Waals surface area (Å²) in [5.41, 5.74) is 6.63. The summed E-state index contributed by atoms with van der Waals surface area (Å²) >= 11 is 3.43. The van der Waals surface area contributed by atoms with E-state index in [0.717, 1.165) is 42.8 Å². The second kappa shape index (κ2) is 7.61. The second-order valence-corrected chi connectivity index (χ2v) is 5.82. The number of nitrogens with two attached hydrogens (primary N) is 1. The van der Waals surface area contributed by atoms with Crippen LogP contribution in [0.1, 0.15) is 5.56 Å². The number of nitrogens with one attached hydrogen (secondary N) is 1. The number of hydrogen-bond acceptors (Lipinski definition) is 3. The van der Waals surface area contributed by atoms with Crippen LogP contribution in [-0.4, -0.2) is 55.1 Å². The molecule has 2 amide bonds. The number of amides is 2. The number of rotatable bonds is 4. The van der Waals surface area contributed by atoms with Gasteiger partial charge >= 0.3 is 6.03 Å². The van der Waals surface area contributed by atoms with Crippen LogP contribution in [0.15, 0.2) is 28.7 Å². The fourth-order valence-electron chi connectivity index (χ4n) is 2.29. The summed E-state index contributed by atoms with van der Waals surface area (Å²) < 4.78 is 1.03. The largest absolute Gasteiger partial charge is 0.334 e. The van der Waals surface area contributed by atoms with Crippen LogP contribution in [0.2, 0.25) is 0 Å². The van der Waals surface area contributed by atoms with Crippen molar-refractivity contribution in [2.45, 2.75) is 6.54 Å². The first-order valence-electron chi connectivity index (χ1n) is 6.88. The van der Waals surface area contributed by atoms with E-state index in [1.807, 2.05) is 29.2 Å². The molecule has 1 heterocycles. The fraction of sp³-hybridized carbons (Fsp3) is 0.500. The topological polar surface area (TPSA) is 61.6 Å². The molecule has 1 saturated heterocycles. The van der Waals surface area contributed by atoms with Crippen molar-refractivity contribution in [1.82, 2.24) is 15.1 Å². The van der Waals surface area contributed by atoms with E-state index < -0.39 is 0 Å². The van der Waals surface area contributed by atoms with E-state index >= 15 is 0 Å². The zero-order chi connectivity index (χ0) is 14.4. The lowest BCUT2D eigenvalue weighted by atomic mass is 10.2. The Balaban J connectivity index is 1.76. The highest BCUT2D eigenvalue weighted by Gasteiger charge is 2.20. The predicted octanol–water partition coefficient (Wildman–Crippen LogP) is 1.24. The molecule has 6 heteroatoms. The number of carbonyl (C=O) groups excluding carboxylic acids is 1. The minimum absolute atomic E-state index is 0.0115. The van der Waals surface area contributed by atoms with Crippen LogP contribution in [0.5, 0.6) is 0 Å². The molecule has 0 saturated carbocycles. The summed E-state index contributed by atoms with van der Waals surface area (Å²) in [5.74, 6) is 0. The van der Waals surface area contributed by atoms with Crippen LogP contribution in [-0.2, 0) is 6.54 Å². The number of carbonyl (C=O) groups is 1. The second-order valence-electron chi connectivity index (χ2n) is 4.91. The van der Waals surface area contributed by atoms with Gasteiger partial charge < -0.3 is 16.0 Å². The minimum Gasteiger partial charge on any atom is -0.334 e. The quantitative estimate of drug-likeness (QED) is 0.866. The first-order chi connectivity index (χ1) is 9.69. The van der Waals surface area contributed by atoms with E-state index in [1.54, 1.807) is 0 Å². The van der Waals surface area contributed by atoms with Gasteiger partial charge in [0.2, 0.25) is 0 Å². The van der Waals surface area contributed by atoms with Crippen molar-refractivity contribution in [1.29, 1.82) is 0 Å². The van der Waals surface area contributed by atoms with E-state index in [4.69, 9.17) is 5.73 Å². The lowest BCUT2D eigenvalue weighted by Gasteiger charge is -2.34. The summed E-state index contributed by atoms with van der Waals surface area (Å²) in [5, 5.41) is 2.97. The van der Waals surface area contributed by atoms with Crippen molar-refractivity contribution in [2.75, 3.05) is 39.3 Å². The molecule has 0 unspecified atom stereocenters. The van der Waals surface area contributed by atoms with Gasteiger partial charge in [0.25, 0.3) is 0 Å². The molecule has 1 aromatic rings. The maximum absolute atomic E-state index is 12.1. The molecular weight excluding hydrogens is 320 g/mol. The Labute approximate surface area is 128 Å².